The number of hydrogen-bond donors (Lipinski definition) is 0. The zero-order valence-corrected chi connectivity index (χ0v) is 13.3. The zero-order valence-electron chi connectivity index (χ0n) is 11.7. The first kappa shape index (κ1) is 15.0. The third-order valence-electron chi connectivity index (χ3n) is 3.23. The first-order chi connectivity index (χ1) is 10.5. The molecule has 0 atom stereocenters. The average Bonchev–Trinajstić information content (AvgIpc) is 2.95. The smallest absolute Gasteiger partial charge is 0.307 e. The standard InChI is InChI=1S/C13H11ClFN5OS/c1-7-10(15)11(21)20-13(17-12(18-20)22-2)19(7)6-8-3-4-9(14)16-5-8/h3-5H,6H2,1-2H3. The summed E-state index contributed by atoms with van der Waals surface area (Å²) in [6, 6.07) is 3.44. The predicted molar refractivity (Wildman–Crippen MR) is 82.1 cm³/mol. The van der Waals surface area contributed by atoms with Gasteiger partial charge >= 0.3 is 5.56 Å². The van der Waals surface area contributed by atoms with E-state index in [0.717, 1.165) is 10.1 Å². The van der Waals surface area contributed by atoms with Crippen LogP contribution in [-0.2, 0) is 6.54 Å². The molecule has 0 aliphatic rings. The van der Waals surface area contributed by atoms with E-state index in [1.807, 2.05) is 0 Å². The lowest BCUT2D eigenvalue weighted by molar-refractivity contribution is 0.551. The maximum atomic E-state index is 14.1. The number of halogens is 2. The molecule has 0 fully saturated rings. The lowest BCUT2D eigenvalue weighted by Gasteiger charge is -2.12. The van der Waals surface area contributed by atoms with Crippen LogP contribution >= 0.6 is 23.4 Å². The van der Waals surface area contributed by atoms with Gasteiger partial charge in [0, 0.05) is 6.20 Å². The van der Waals surface area contributed by atoms with Crippen molar-refractivity contribution >= 4 is 29.1 Å². The Labute approximate surface area is 134 Å². The minimum atomic E-state index is -0.841. The van der Waals surface area contributed by atoms with Crippen LogP contribution in [0.2, 0.25) is 5.15 Å². The van der Waals surface area contributed by atoms with Crippen molar-refractivity contribution in [3.05, 3.63) is 50.9 Å². The van der Waals surface area contributed by atoms with Gasteiger partial charge in [0.1, 0.15) is 5.15 Å². The fourth-order valence-corrected chi connectivity index (χ4v) is 2.52. The molecule has 0 radical (unpaired) electrons. The highest BCUT2D eigenvalue weighted by Crippen LogP contribution is 2.15. The number of rotatable bonds is 3. The predicted octanol–water partition coefficient (Wildman–Crippen LogP) is 2.16. The topological polar surface area (TPSA) is 65.1 Å². The number of pyridine rings is 1. The molecule has 9 heteroatoms. The van der Waals surface area contributed by atoms with Crippen LogP contribution in [0.25, 0.3) is 5.78 Å². The van der Waals surface area contributed by atoms with E-state index >= 15 is 0 Å². The highest BCUT2D eigenvalue weighted by Gasteiger charge is 2.17. The van der Waals surface area contributed by atoms with E-state index in [2.05, 4.69) is 15.1 Å². The van der Waals surface area contributed by atoms with Crippen LogP contribution in [-0.4, -0.2) is 30.4 Å². The molecule has 0 spiro atoms. The summed E-state index contributed by atoms with van der Waals surface area (Å²) in [5.41, 5.74) is 0.212. The van der Waals surface area contributed by atoms with E-state index < -0.39 is 11.4 Å². The Kier molecular flexibility index (Phi) is 3.88. The van der Waals surface area contributed by atoms with Gasteiger partial charge in [-0.1, -0.05) is 29.4 Å². The molecule has 0 saturated carbocycles. The zero-order chi connectivity index (χ0) is 15.9. The molecule has 3 heterocycles. The first-order valence-electron chi connectivity index (χ1n) is 6.31. The molecule has 0 bridgehead atoms. The minimum absolute atomic E-state index is 0.201. The van der Waals surface area contributed by atoms with Gasteiger partial charge in [-0.15, -0.1) is 5.10 Å². The average molecular weight is 340 g/mol. The largest absolute Gasteiger partial charge is 0.311 e. The number of nitrogens with zero attached hydrogens (tertiary/aromatic N) is 5. The van der Waals surface area contributed by atoms with Gasteiger partial charge < -0.3 is 4.57 Å². The van der Waals surface area contributed by atoms with Gasteiger partial charge in [-0.25, -0.2) is 4.98 Å². The summed E-state index contributed by atoms with van der Waals surface area (Å²) in [5, 5.41) is 4.79. The first-order valence-corrected chi connectivity index (χ1v) is 7.91. The molecule has 0 saturated heterocycles. The van der Waals surface area contributed by atoms with Crippen molar-refractivity contribution in [3.63, 3.8) is 0 Å². The van der Waals surface area contributed by atoms with Gasteiger partial charge in [-0.2, -0.15) is 13.9 Å². The lowest BCUT2D eigenvalue weighted by atomic mass is 10.2. The van der Waals surface area contributed by atoms with E-state index in [4.69, 9.17) is 11.6 Å². The van der Waals surface area contributed by atoms with Crippen molar-refractivity contribution in [1.82, 2.24) is 24.1 Å². The molecule has 0 N–H and O–H groups in total. The second-order valence-electron chi connectivity index (χ2n) is 4.59. The molecule has 0 amide bonds. The third kappa shape index (κ3) is 2.48. The van der Waals surface area contributed by atoms with Crippen molar-refractivity contribution in [3.8, 4) is 0 Å². The Morgan fingerprint density at radius 2 is 2.18 bits per heavy atom. The number of aromatic nitrogens is 5. The monoisotopic (exact) mass is 339 g/mol. The second kappa shape index (κ2) is 5.69. The lowest BCUT2D eigenvalue weighted by Crippen LogP contribution is -2.25. The maximum Gasteiger partial charge on any atom is 0.311 e. The summed E-state index contributed by atoms with van der Waals surface area (Å²) in [7, 11) is 0. The maximum absolute atomic E-state index is 14.1. The Hall–Kier alpha value is -1.93. The highest BCUT2D eigenvalue weighted by atomic mass is 35.5. The van der Waals surface area contributed by atoms with Crippen LogP contribution in [0.5, 0.6) is 0 Å². The van der Waals surface area contributed by atoms with E-state index in [-0.39, 0.29) is 5.69 Å². The second-order valence-corrected chi connectivity index (χ2v) is 5.75. The van der Waals surface area contributed by atoms with Crippen molar-refractivity contribution in [1.29, 1.82) is 0 Å². The summed E-state index contributed by atoms with van der Waals surface area (Å²) in [5.74, 6) is -0.546. The summed E-state index contributed by atoms with van der Waals surface area (Å²) in [6.45, 7) is 1.84. The molecule has 3 aromatic heterocycles. The van der Waals surface area contributed by atoms with Crippen LogP contribution in [0, 0.1) is 12.7 Å². The number of hydrogen-bond acceptors (Lipinski definition) is 5. The molecule has 0 aliphatic carbocycles. The summed E-state index contributed by atoms with van der Waals surface area (Å²) in [4.78, 5) is 20.2. The van der Waals surface area contributed by atoms with Gasteiger partial charge in [0.2, 0.25) is 16.8 Å². The quantitative estimate of drug-likeness (QED) is 0.540. The van der Waals surface area contributed by atoms with Crippen LogP contribution in [0.1, 0.15) is 11.3 Å². The van der Waals surface area contributed by atoms with Crippen molar-refractivity contribution in [2.45, 2.75) is 18.6 Å². The fraction of sp³-hybridized carbons (Fsp3) is 0.231. The number of fused-ring (bicyclic) bond motifs is 1. The Morgan fingerprint density at radius 1 is 1.41 bits per heavy atom. The van der Waals surface area contributed by atoms with Crippen molar-refractivity contribution < 1.29 is 4.39 Å². The van der Waals surface area contributed by atoms with Gasteiger partial charge in [0.05, 0.1) is 12.2 Å². The molecule has 0 unspecified atom stereocenters. The van der Waals surface area contributed by atoms with Crippen LogP contribution in [0.4, 0.5) is 4.39 Å². The summed E-state index contributed by atoms with van der Waals surface area (Å²) >= 11 is 7.05. The highest BCUT2D eigenvalue weighted by molar-refractivity contribution is 7.98. The molecular formula is C13H11ClFN5OS. The van der Waals surface area contributed by atoms with E-state index in [1.54, 1.807) is 29.2 Å². The molecule has 3 aromatic rings. The van der Waals surface area contributed by atoms with Crippen LogP contribution in [0.3, 0.4) is 0 Å². The van der Waals surface area contributed by atoms with Gasteiger partial charge in [-0.05, 0) is 24.8 Å². The Morgan fingerprint density at radius 3 is 2.82 bits per heavy atom. The minimum Gasteiger partial charge on any atom is -0.307 e. The molecule has 114 valence electrons. The Bertz CT molecular complexity index is 905. The molecule has 0 aliphatic heterocycles. The van der Waals surface area contributed by atoms with Gasteiger partial charge in [-0.3, -0.25) is 4.79 Å². The normalized spacial score (nSPS) is 11.3. The van der Waals surface area contributed by atoms with Crippen LogP contribution < -0.4 is 5.56 Å². The van der Waals surface area contributed by atoms with E-state index in [1.165, 1.54) is 18.7 Å². The fourth-order valence-electron chi connectivity index (χ4n) is 2.07. The van der Waals surface area contributed by atoms with Gasteiger partial charge in [0.15, 0.2) is 0 Å². The van der Waals surface area contributed by atoms with Crippen LogP contribution in [0.15, 0.2) is 28.3 Å². The molecular weight excluding hydrogens is 329 g/mol. The van der Waals surface area contributed by atoms with E-state index in [9.17, 15) is 9.18 Å². The number of thioether (sulfide) groups is 1. The van der Waals surface area contributed by atoms with Crippen molar-refractivity contribution in [2.24, 2.45) is 0 Å². The third-order valence-corrected chi connectivity index (χ3v) is 3.99. The molecule has 0 aromatic carbocycles. The summed E-state index contributed by atoms with van der Waals surface area (Å²) < 4.78 is 16.7. The van der Waals surface area contributed by atoms with Gasteiger partial charge in [0.25, 0.3) is 0 Å². The summed E-state index contributed by atoms with van der Waals surface area (Å²) in [6.07, 6.45) is 3.38. The van der Waals surface area contributed by atoms with E-state index in [0.29, 0.717) is 22.6 Å². The molecule has 3 rings (SSSR count). The molecule has 6 nitrogen and oxygen atoms in total. The SMILES string of the molecule is CSc1nc2n(Cc3ccc(Cl)nc3)c(C)c(F)c(=O)n2n1. The Balaban J connectivity index is 2.21. The molecule has 22 heavy (non-hydrogen) atoms. The van der Waals surface area contributed by atoms with Crippen molar-refractivity contribution in [2.75, 3.05) is 6.26 Å².